The van der Waals surface area contributed by atoms with Gasteiger partial charge in [0.05, 0.1) is 6.54 Å². The van der Waals surface area contributed by atoms with Crippen molar-refractivity contribution in [2.75, 3.05) is 0 Å². The van der Waals surface area contributed by atoms with E-state index >= 15 is 0 Å². The Balaban J connectivity index is 2.23. The largest absolute Gasteiger partial charge is 0.477 e. The van der Waals surface area contributed by atoms with Crippen molar-refractivity contribution in [2.45, 2.75) is 24.9 Å². The minimum absolute atomic E-state index is 0.0447. The van der Waals surface area contributed by atoms with Gasteiger partial charge in [0.2, 0.25) is 10.0 Å². The number of hydrogen-bond acceptors (Lipinski definition) is 3. The first-order valence-electron chi connectivity index (χ1n) is 6.38. The van der Waals surface area contributed by atoms with Gasteiger partial charge in [-0.1, -0.05) is 0 Å². The van der Waals surface area contributed by atoms with Crippen molar-refractivity contribution in [3.05, 3.63) is 42.0 Å². The maximum Gasteiger partial charge on any atom is 0.352 e. The second-order valence-electron chi connectivity index (χ2n) is 4.59. The highest BCUT2D eigenvalue weighted by Crippen LogP contribution is 2.15. The number of rotatable bonds is 6. The minimum Gasteiger partial charge on any atom is -0.477 e. The van der Waals surface area contributed by atoms with Gasteiger partial charge in [-0.15, -0.1) is 0 Å². The lowest BCUT2D eigenvalue weighted by atomic mass is 10.4. The van der Waals surface area contributed by atoms with Gasteiger partial charge in [0.1, 0.15) is 10.6 Å². The Hall–Kier alpha value is -2.06. The van der Waals surface area contributed by atoms with E-state index in [2.05, 4.69) is 4.72 Å². The van der Waals surface area contributed by atoms with E-state index in [1.165, 1.54) is 16.8 Å². The average Bonchev–Trinajstić information content (AvgIpc) is 3.02. The molecule has 8 heteroatoms. The van der Waals surface area contributed by atoms with Gasteiger partial charge in [-0.3, -0.25) is 0 Å². The van der Waals surface area contributed by atoms with Gasteiger partial charge in [0.25, 0.3) is 0 Å². The lowest BCUT2D eigenvalue weighted by Crippen LogP contribution is -2.23. The fourth-order valence-electron chi connectivity index (χ4n) is 2.00. The van der Waals surface area contributed by atoms with Crippen LogP contribution in [0.3, 0.4) is 0 Å². The Bertz CT molecular complexity index is 758. The number of aryl methyl sites for hydroxylation is 2. The molecule has 2 aromatic heterocycles. The fourth-order valence-corrected chi connectivity index (χ4v) is 3.04. The molecule has 0 aromatic carbocycles. The van der Waals surface area contributed by atoms with Crippen molar-refractivity contribution in [3.63, 3.8) is 0 Å². The summed E-state index contributed by atoms with van der Waals surface area (Å²) in [5.74, 6) is -1.15. The molecular formula is C13H17N3O4S. The molecule has 7 nitrogen and oxygen atoms in total. The number of aromatic nitrogens is 2. The van der Waals surface area contributed by atoms with Crippen LogP contribution in [-0.2, 0) is 30.2 Å². The van der Waals surface area contributed by atoms with Crippen molar-refractivity contribution < 1.29 is 18.3 Å². The third-order valence-electron chi connectivity index (χ3n) is 3.24. The molecule has 0 aliphatic carbocycles. The zero-order chi connectivity index (χ0) is 15.6. The van der Waals surface area contributed by atoms with Crippen LogP contribution in [0.15, 0.2) is 35.5 Å². The number of nitrogens with one attached hydrogen (secondary N) is 1. The zero-order valence-electron chi connectivity index (χ0n) is 11.8. The van der Waals surface area contributed by atoms with Crippen LogP contribution in [-0.4, -0.2) is 28.6 Å². The topological polar surface area (TPSA) is 93.3 Å². The molecular weight excluding hydrogens is 294 g/mol. The predicted octanol–water partition coefficient (Wildman–Crippen LogP) is 1.02. The van der Waals surface area contributed by atoms with Crippen LogP contribution in [0, 0.1) is 0 Å². The maximum absolute atomic E-state index is 12.2. The SMILES string of the molecule is CCn1cc(S(=O)(=O)NCc2cccn2C)cc1C(=O)O. The Morgan fingerprint density at radius 2 is 2.14 bits per heavy atom. The smallest absolute Gasteiger partial charge is 0.352 e. The van der Waals surface area contributed by atoms with E-state index in [1.807, 2.05) is 29.9 Å². The van der Waals surface area contributed by atoms with Gasteiger partial charge in [-0.2, -0.15) is 0 Å². The van der Waals surface area contributed by atoms with E-state index in [1.54, 1.807) is 6.92 Å². The van der Waals surface area contributed by atoms with Crippen LogP contribution in [0.2, 0.25) is 0 Å². The first-order valence-corrected chi connectivity index (χ1v) is 7.87. The highest BCUT2D eigenvalue weighted by molar-refractivity contribution is 7.89. The standard InChI is InChI=1S/C13H17N3O4S/c1-3-16-9-11(7-12(16)13(17)18)21(19,20)14-8-10-5-4-6-15(10)2/h4-7,9,14H,3,8H2,1-2H3,(H,17,18). The van der Waals surface area contributed by atoms with Crippen LogP contribution in [0.25, 0.3) is 0 Å². The molecule has 0 unspecified atom stereocenters. The van der Waals surface area contributed by atoms with Crippen molar-refractivity contribution >= 4 is 16.0 Å². The summed E-state index contributed by atoms with van der Waals surface area (Å²) >= 11 is 0. The number of hydrogen-bond donors (Lipinski definition) is 2. The van der Waals surface area contributed by atoms with E-state index in [9.17, 15) is 13.2 Å². The molecule has 0 amide bonds. The van der Waals surface area contributed by atoms with Crippen LogP contribution in [0.1, 0.15) is 23.1 Å². The van der Waals surface area contributed by atoms with Crippen LogP contribution in [0.4, 0.5) is 0 Å². The quantitative estimate of drug-likeness (QED) is 0.833. The minimum atomic E-state index is -3.75. The summed E-state index contributed by atoms with van der Waals surface area (Å²) in [7, 11) is -1.93. The predicted molar refractivity (Wildman–Crippen MR) is 76.5 cm³/mol. The van der Waals surface area contributed by atoms with Gasteiger partial charge >= 0.3 is 5.97 Å². The Morgan fingerprint density at radius 3 is 2.62 bits per heavy atom. The zero-order valence-corrected chi connectivity index (χ0v) is 12.6. The summed E-state index contributed by atoms with van der Waals surface area (Å²) in [6.45, 7) is 2.28. The molecule has 0 aliphatic heterocycles. The molecule has 0 saturated carbocycles. The number of carbonyl (C=O) groups is 1. The average molecular weight is 311 g/mol. The molecule has 114 valence electrons. The molecule has 0 saturated heterocycles. The molecule has 2 aromatic rings. The second kappa shape index (κ2) is 5.74. The molecule has 2 N–H and O–H groups in total. The fraction of sp³-hybridized carbons (Fsp3) is 0.308. The van der Waals surface area contributed by atoms with E-state index in [-0.39, 0.29) is 17.1 Å². The summed E-state index contributed by atoms with van der Waals surface area (Å²) < 4.78 is 30.1. The maximum atomic E-state index is 12.2. The Kier molecular flexibility index (Phi) is 4.19. The van der Waals surface area contributed by atoms with E-state index in [0.717, 1.165) is 5.69 Å². The molecule has 0 fully saturated rings. The van der Waals surface area contributed by atoms with Crippen molar-refractivity contribution in [1.29, 1.82) is 0 Å². The number of nitrogens with zero attached hydrogens (tertiary/aromatic N) is 2. The molecule has 2 heterocycles. The van der Waals surface area contributed by atoms with E-state index in [0.29, 0.717) is 6.54 Å². The molecule has 0 atom stereocenters. The highest BCUT2D eigenvalue weighted by Gasteiger charge is 2.20. The first kappa shape index (κ1) is 15.3. The number of carboxylic acid groups (broad SMARTS) is 1. The molecule has 2 rings (SSSR count). The molecule has 0 bridgehead atoms. The first-order chi connectivity index (χ1) is 9.85. The number of sulfonamides is 1. The van der Waals surface area contributed by atoms with Crippen molar-refractivity contribution in [1.82, 2.24) is 13.9 Å². The van der Waals surface area contributed by atoms with Crippen LogP contribution >= 0.6 is 0 Å². The Labute approximate surface area is 122 Å². The summed E-state index contributed by atoms with van der Waals surface area (Å²) in [4.78, 5) is 11.0. The molecule has 0 aliphatic rings. The van der Waals surface area contributed by atoms with Crippen LogP contribution in [0.5, 0.6) is 0 Å². The summed E-state index contributed by atoms with van der Waals surface area (Å²) in [6, 6.07) is 4.79. The molecule has 0 radical (unpaired) electrons. The Morgan fingerprint density at radius 1 is 1.43 bits per heavy atom. The second-order valence-corrected chi connectivity index (χ2v) is 6.35. The highest BCUT2D eigenvalue weighted by atomic mass is 32.2. The number of carboxylic acids is 1. The van der Waals surface area contributed by atoms with Crippen molar-refractivity contribution in [2.24, 2.45) is 7.05 Å². The van der Waals surface area contributed by atoms with Gasteiger partial charge in [0.15, 0.2) is 0 Å². The lowest BCUT2D eigenvalue weighted by Gasteiger charge is -2.06. The molecule has 0 spiro atoms. The van der Waals surface area contributed by atoms with Gasteiger partial charge in [0, 0.05) is 31.7 Å². The lowest BCUT2D eigenvalue weighted by molar-refractivity contribution is 0.0685. The van der Waals surface area contributed by atoms with Crippen LogP contribution < -0.4 is 4.72 Å². The monoisotopic (exact) mass is 311 g/mol. The molecule has 21 heavy (non-hydrogen) atoms. The third-order valence-corrected chi connectivity index (χ3v) is 4.60. The summed E-state index contributed by atoms with van der Waals surface area (Å²) in [5, 5.41) is 9.05. The van der Waals surface area contributed by atoms with Gasteiger partial charge < -0.3 is 14.2 Å². The van der Waals surface area contributed by atoms with Gasteiger partial charge in [-0.05, 0) is 25.1 Å². The third kappa shape index (κ3) is 3.17. The van der Waals surface area contributed by atoms with Gasteiger partial charge in [-0.25, -0.2) is 17.9 Å². The van der Waals surface area contributed by atoms with E-state index in [4.69, 9.17) is 5.11 Å². The number of aromatic carboxylic acids is 1. The summed E-state index contributed by atoms with van der Waals surface area (Å²) in [6.07, 6.45) is 3.15. The van der Waals surface area contributed by atoms with Crippen molar-refractivity contribution in [3.8, 4) is 0 Å². The normalized spacial score (nSPS) is 11.7. The summed E-state index contributed by atoms with van der Waals surface area (Å²) in [5.41, 5.74) is 0.767. The van der Waals surface area contributed by atoms with E-state index < -0.39 is 16.0 Å².